The molecule has 0 atom stereocenters. The van der Waals surface area contributed by atoms with Gasteiger partial charge in [0.2, 0.25) is 5.91 Å². The highest BCUT2D eigenvalue weighted by Crippen LogP contribution is 2.17. The number of benzene rings is 1. The van der Waals surface area contributed by atoms with Crippen LogP contribution in [0.5, 0.6) is 0 Å². The monoisotopic (exact) mass is 205 g/mol. The summed E-state index contributed by atoms with van der Waals surface area (Å²) in [5, 5.41) is 2.89. The van der Waals surface area contributed by atoms with E-state index in [1.165, 1.54) is 5.56 Å². The van der Waals surface area contributed by atoms with Gasteiger partial charge >= 0.3 is 0 Å². The highest BCUT2D eigenvalue weighted by atomic mass is 16.2. The quantitative estimate of drug-likeness (QED) is 0.789. The molecule has 0 saturated heterocycles. The van der Waals surface area contributed by atoms with Crippen LogP contribution in [0.2, 0.25) is 0 Å². The van der Waals surface area contributed by atoms with Crippen LogP contribution in [-0.2, 0) is 11.2 Å². The van der Waals surface area contributed by atoms with E-state index in [2.05, 4.69) is 12.2 Å². The van der Waals surface area contributed by atoms with Crippen LogP contribution < -0.4 is 5.32 Å². The average molecular weight is 205 g/mol. The summed E-state index contributed by atoms with van der Waals surface area (Å²) in [5.41, 5.74) is 1.81. The third-order valence-corrected chi connectivity index (χ3v) is 2.30. The molecule has 0 aliphatic rings. The van der Waals surface area contributed by atoms with Crippen molar-refractivity contribution >= 4 is 11.6 Å². The molecule has 0 unspecified atom stereocenters. The first kappa shape index (κ1) is 11.8. The van der Waals surface area contributed by atoms with Crippen molar-refractivity contribution < 1.29 is 4.79 Å². The van der Waals surface area contributed by atoms with E-state index in [0.29, 0.717) is 0 Å². The molecular weight excluding hydrogens is 186 g/mol. The molecule has 2 nitrogen and oxygen atoms in total. The summed E-state index contributed by atoms with van der Waals surface area (Å²) in [7, 11) is 0. The number of nitrogens with one attached hydrogen (secondary N) is 1. The van der Waals surface area contributed by atoms with Crippen molar-refractivity contribution in [1.29, 1.82) is 0 Å². The summed E-state index contributed by atoms with van der Waals surface area (Å²) in [6.07, 6.45) is 1.02. The van der Waals surface area contributed by atoms with Gasteiger partial charge in [0, 0.05) is 11.1 Å². The van der Waals surface area contributed by atoms with E-state index in [4.69, 9.17) is 0 Å². The number of anilines is 1. The van der Waals surface area contributed by atoms with E-state index in [9.17, 15) is 4.79 Å². The van der Waals surface area contributed by atoms with Gasteiger partial charge in [-0.1, -0.05) is 39.8 Å². The normalized spacial score (nSPS) is 11.2. The van der Waals surface area contributed by atoms with E-state index in [1.54, 1.807) is 0 Å². The molecule has 1 N–H and O–H groups in total. The molecule has 0 aliphatic carbocycles. The Kier molecular flexibility index (Phi) is 3.51. The molecule has 0 spiro atoms. The Hall–Kier alpha value is -1.31. The zero-order valence-electron chi connectivity index (χ0n) is 9.92. The van der Waals surface area contributed by atoms with Crippen molar-refractivity contribution in [3.8, 4) is 0 Å². The second-order valence-electron chi connectivity index (χ2n) is 4.75. The van der Waals surface area contributed by atoms with Gasteiger partial charge in [-0.05, 0) is 24.1 Å². The predicted octanol–water partition coefficient (Wildman–Crippen LogP) is 3.23. The average Bonchev–Trinajstić information content (AvgIpc) is 2.17. The highest BCUT2D eigenvalue weighted by molar-refractivity contribution is 5.94. The van der Waals surface area contributed by atoms with Gasteiger partial charge in [-0.25, -0.2) is 0 Å². The maximum Gasteiger partial charge on any atom is 0.229 e. The van der Waals surface area contributed by atoms with E-state index < -0.39 is 0 Å². The molecule has 1 rings (SSSR count). The fourth-order valence-electron chi connectivity index (χ4n) is 1.14. The number of aryl methyl sites for hydroxylation is 1. The summed E-state index contributed by atoms with van der Waals surface area (Å²) < 4.78 is 0. The minimum Gasteiger partial charge on any atom is -0.326 e. The SMILES string of the molecule is CCc1ccc(NC(=O)C(C)(C)C)cc1. The Balaban J connectivity index is 2.70. The fraction of sp³-hybridized carbons (Fsp3) is 0.462. The standard InChI is InChI=1S/C13H19NO/c1-5-10-6-8-11(9-7-10)14-12(15)13(2,3)4/h6-9H,5H2,1-4H3,(H,14,15). The summed E-state index contributed by atoms with van der Waals surface area (Å²) in [6, 6.07) is 7.97. The zero-order chi connectivity index (χ0) is 11.5. The number of rotatable bonds is 2. The van der Waals surface area contributed by atoms with Crippen LogP contribution in [0, 0.1) is 5.41 Å². The Bertz CT molecular complexity index is 333. The van der Waals surface area contributed by atoms with Gasteiger partial charge in [0.25, 0.3) is 0 Å². The lowest BCUT2D eigenvalue weighted by Gasteiger charge is -2.17. The van der Waals surface area contributed by atoms with Crippen molar-refractivity contribution in [3.05, 3.63) is 29.8 Å². The van der Waals surface area contributed by atoms with Crippen molar-refractivity contribution in [2.24, 2.45) is 5.41 Å². The summed E-state index contributed by atoms with van der Waals surface area (Å²) >= 11 is 0. The van der Waals surface area contributed by atoms with Crippen LogP contribution in [0.3, 0.4) is 0 Å². The Labute approximate surface area is 91.7 Å². The van der Waals surface area contributed by atoms with Crippen LogP contribution in [-0.4, -0.2) is 5.91 Å². The smallest absolute Gasteiger partial charge is 0.229 e. The van der Waals surface area contributed by atoms with Gasteiger partial charge in [0.15, 0.2) is 0 Å². The van der Waals surface area contributed by atoms with Crippen LogP contribution >= 0.6 is 0 Å². The number of carbonyl (C=O) groups excluding carboxylic acids is 1. The van der Waals surface area contributed by atoms with Crippen LogP contribution in [0.15, 0.2) is 24.3 Å². The van der Waals surface area contributed by atoms with Gasteiger partial charge in [-0.2, -0.15) is 0 Å². The molecule has 2 heteroatoms. The topological polar surface area (TPSA) is 29.1 Å². The maximum absolute atomic E-state index is 11.7. The lowest BCUT2D eigenvalue weighted by atomic mass is 9.95. The number of hydrogen-bond donors (Lipinski definition) is 1. The molecule has 0 aliphatic heterocycles. The molecule has 0 aromatic heterocycles. The first-order valence-corrected chi connectivity index (χ1v) is 5.34. The Morgan fingerprint density at radius 1 is 1.20 bits per heavy atom. The summed E-state index contributed by atoms with van der Waals surface area (Å²) in [4.78, 5) is 11.7. The number of amides is 1. The minimum atomic E-state index is -0.344. The lowest BCUT2D eigenvalue weighted by molar-refractivity contribution is -0.123. The Morgan fingerprint density at radius 3 is 2.13 bits per heavy atom. The van der Waals surface area contributed by atoms with Crippen molar-refractivity contribution in [2.45, 2.75) is 34.1 Å². The fourth-order valence-corrected chi connectivity index (χ4v) is 1.14. The highest BCUT2D eigenvalue weighted by Gasteiger charge is 2.20. The van der Waals surface area contributed by atoms with E-state index in [0.717, 1.165) is 12.1 Å². The van der Waals surface area contributed by atoms with Gasteiger partial charge in [0.1, 0.15) is 0 Å². The molecular formula is C13H19NO. The molecule has 82 valence electrons. The number of hydrogen-bond acceptors (Lipinski definition) is 1. The molecule has 0 bridgehead atoms. The third-order valence-electron chi connectivity index (χ3n) is 2.30. The van der Waals surface area contributed by atoms with E-state index in [-0.39, 0.29) is 11.3 Å². The van der Waals surface area contributed by atoms with Gasteiger partial charge < -0.3 is 5.32 Å². The third kappa shape index (κ3) is 3.39. The van der Waals surface area contributed by atoms with Gasteiger partial charge in [-0.3, -0.25) is 4.79 Å². The Morgan fingerprint density at radius 2 is 1.73 bits per heavy atom. The first-order chi connectivity index (χ1) is 6.93. The largest absolute Gasteiger partial charge is 0.326 e. The molecule has 0 saturated carbocycles. The first-order valence-electron chi connectivity index (χ1n) is 5.34. The van der Waals surface area contributed by atoms with Crippen LogP contribution in [0.4, 0.5) is 5.69 Å². The molecule has 0 fully saturated rings. The van der Waals surface area contributed by atoms with Gasteiger partial charge in [-0.15, -0.1) is 0 Å². The number of carbonyl (C=O) groups is 1. The van der Waals surface area contributed by atoms with Crippen molar-refractivity contribution in [1.82, 2.24) is 0 Å². The van der Waals surface area contributed by atoms with Crippen molar-refractivity contribution in [2.75, 3.05) is 5.32 Å². The van der Waals surface area contributed by atoms with Crippen molar-refractivity contribution in [3.63, 3.8) is 0 Å². The molecule has 1 aromatic rings. The maximum atomic E-state index is 11.7. The molecule has 0 radical (unpaired) electrons. The summed E-state index contributed by atoms with van der Waals surface area (Å²) in [6.45, 7) is 7.83. The van der Waals surface area contributed by atoms with E-state index >= 15 is 0 Å². The van der Waals surface area contributed by atoms with Crippen LogP contribution in [0.25, 0.3) is 0 Å². The second-order valence-corrected chi connectivity index (χ2v) is 4.75. The van der Waals surface area contributed by atoms with Gasteiger partial charge in [0.05, 0.1) is 0 Å². The minimum absolute atomic E-state index is 0.0479. The lowest BCUT2D eigenvalue weighted by Crippen LogP contribution is -2.27. The molecule has 15 heavy (non-hydrogen) atoms. The molecule has 0 heterocycles. The molecule has 1 aromatic carbocycles. The zero-order valence-corrected chi connectivity index (χ0v) is 9.92. The summed E-state index contributed by atoms with van der Waals surface area (Å²) in [5.74, 6) is 0.0479. The van der Waals surface area contributed by atoms with E-state index in [1.807, 2.05) is 45.0 Å². The van der Waals surface area contributed by atoms with Crippen LogP contribution in [0.1, 0.15) is 33.3 Å². The second kappa shape index (κ2) is 4.47. The predicted molar refractivity (Wildman–Crippen MR) is 63.9 cm³/mol. The molecule has 1 amide bonds.